The summed E-state index contributed by atoms with van der Waals surface area (Å²) in [5.41, 5.74) is 2.68. The van der Waals surface area contributed by atoms with Gasteiger partial charge in [-0.1, -0.05) is 0 Å². The molecule has 4 rings (SSSR count). The van der Waals surface area contributed by atoms with Gasteiger partial charge in [-0.05, 0) is 46.4 Å². The monoisotopic (exact) mass is 434 g/mol. The predicted molar refractivity (Wildman–Crippen MR) is 101 cm³/mol. The topological polar surface area (TPSA) is 62.6 Å². The molecular weight excluding hydrogens is 420 g/mol. The highest BCUT2D eigenvalue weighted by Crippen LogP contribution is 2.45. The van der Waals surface area contributed by atoms with Gasteiger partial charge in [0.05, 0.1) is 29.4 Å². The molecule has 0 fully saturated rings. The molecule has 0 saturated heterocycles. The predicted octanol–water partition coefficient (Wildman–Crippen LogP) is 4.44. The number of thiophene rings is 1. The molecule has 134 valence electrons. The van der Waals surface area contributed by atoms with Crippen molar-refractivity contribution in [2.75, 3.05) is 13.7 Å². The van der Waals surface area contributed by atoms with E-state index in [2.05, 4.69) is 21.0 Å². The van der Waals surface area contributed by atoms with Gasteiger partial charge in [0.2, 0.25) is 0 Å². The number of fused-ring (bicyclic) bond motifs is 3. The third-order valence-corrected chi connectivity index (χ3v) is 5.51. The Hall–Kier alpha value is -2.32. The van der Waals surface area contributed by atoms with Crippen LogP contribution >= 0.6 is 27.3 Å². The summed E-state index contributed by atoms with van der Waals surface area (Å²) in [7, 11) is 1.61. The van der Waals surface area contributed by atoms with Gasteiger partial charge in [0.15, 0.2) is 5.69 Å². The fourth-order valence-electron chi connectivity index (χ4n) is 2.92. The molecule has 2 aromatic heterocycles. The van der Waals surface area contributed by atoms with Crippen LogP contribution in [0.15, 0.2) is 34.1 Å². The van der Waals surface area contributed by atoms with Gasteiger partial charge in [-0.15, -0.1) is 11.3 Å². The minimum atomic E-state index is -0.446. The molecule has 3 aromatic rings. The average Bonchev–Trinajstić information content (AvgIpc) is 3.28. The highest BCUT2D eigenvalue weighted by atomic mass is 79.9. The summed E-state index contributed by atoms with van der Waals surface area (Å²) < 4.78 is 19.0. The second kappa shape index (κ2) is 6.77. The molecule has 0 N–H and O–H groups in total. The number of esters is 1. The van der Waals surface area contributed by atoms with E-state index in [0.717, 1.165) is 26.3 Å². The Morgan fingerprint density at radius 1 is 1.46 bits per heavy atom. The Morgan fingerprint density at radius 2 is 2.31 bits per heavy atom. The third-order valence-electron chi connectivity index (χ3n) is 4.05. The van der Waals surface area contributed by atoms with E-state index in [1.165, 1.54) is 0 Å². The minimum absolute atomic E-state index is 0.243. The Bertz CT molecular complexity index is 982. The van der Waals surface area contributed by atoms with Crippen molar-refractivity contribution in [3.05, 3.63) is 45.4 Å². The molecule has 0 saturated carbocycles. The lowest BCUT2D eigenvalue weighted by molar-refractivity contribution is 0.0516. The van der Waals surface area contributed by atoms with Crippen LogP contribution in [0.4, 0.5) is 0 Å². The molecule has 0 aliphatic carbocycles. The summed E-state index contributed by atoms with van der Waals surface area (Å²) in [6.07, 6.45) is 0. The van der Waals surface area contributed by atoms with Crippen molar-refractivity contribution in [2.45, 2.75) is 13.5 Å². The number of ether oxygens (including phenoxy) is 3. The molecule has 1 aromatic carbocycles. The summed E-state index contributed by atoms with van der Waals surface area (Å²) in [6.45, 7) is 2.31. The van der Waals surface area contributed by atoms with Crippen LogP contribution in [0.5, 0.6) is 11.5 Å². The average molecular weight is 435 g/mol. The SMILES string of the molecule is CCOC(=O)c1nn(-c2cccs2)c2c1COc1cc(OC)c(Br)cc1-2. The lowest BCUT2D eigenvalue weighted by atomic mass is 10.0. The zero-order valence-corrected chi connectivity index (χ0v) is 16.5. The number of hydrogen-bond donors (Lipinski definition) is 0. The van der Waals surface area contributed by atoms with E-state index in [-0.39, 0.29) is 12.3 Å². The van der Waals surface area contributed by atoms with E-state index >= 15 is 0 Å². The molecule has 3 heterocycles. The quantitative estimate of drug-likeness (QED) is 0.567. The lowest BCUT2D eigenvalue weighted by Crippen LogP contribution is -2.12. The second-order valence-electron chi connectivity index (χ2n) is 5.53. The molecule has 0 atom stereocenters. The number of carbonyl (C=O) groups excluding carboxylic acids is 1. The number of benzene rings is 1. The second-order valence-corrected chi connectivity index (χ2v) is 7.31. The van der Waals surface area contributed by atoms with Gasteiger partial charge in [0.1, 0.15) is 23.1 Å². The number of rotatable bonds is 4. The van der Waals surface area contributed by atoms with Crippen LogP contribution in [0.2, 0.25) is 0 Å². The first-order valence-electron chi connectivity index (χ1n) is 7.97. The van der Waals surface area contributed by atoms with Crippen LogP contribution in [-0.2, 0) is 11.3 Å². The molecule has 0 radical (unpaired) electrons. The van der Waals surface area contributed by atoms with Gasteiger partial charge in [0.25, 0.3) is 0 Å². The summed E-state index contributed by atoms with van der Waals surface area (Å²) in [5, 5.41) is 7.43. The van der Waals surface area contributed by atoms with Gasteiger partial charge in [-0.3, -0.25) is 0 Å². The largest absolute Gasteiger partial charge is 0.495 e. The van der Waals surface area contributed by atoms with Crippen molar-refractivity contribution >= 4 is 33.2 Å². The van der Waals surface area contributed by atoms with E-state index in [1.807, 2.05) is 29.6 Å². The van der Waals surface area contributed by atoms with Gasteiger partial charge < -0.3 is 14.2 Å². The van der Waals surface area contributed by atoms with Crippen LogP contribution in [0.3, 0.4) is 0 Å². The molecule has 0 unspecified atom stereocenters. The first-order valence-corrected chi connectivity index (χ1v) is 9.65. The van der Waals surface area contributed by atoms with E-state index in [0.29, 0.717) is 18.1 Å². The van der Waals surface area contributed by atoms with Crippen molar-refractivity contribution in [3.63, 3.8) is 0 Å². The van der Waals surface area contributed by atoms with Gasteiger partial charge in [-0.25, -0.2) is 9.48 Å². The van der Waals surface area contributed by atoms with Crippen molar-refractivity contribution in [3.8, 4) is 27.8 Å². The smallest absolute Gasteiger partial charge is 0.359 e. The Balaban J connectivity index is 1.96. The molecule has 1 aliphatic rings. The molecule has 0 bridgehead atoms. The molecular formula is C18H15BrN2O4S. The standard InChI is InChI=1S/C18H15BrN2O4S/c1-3-24-18(22)16-11-9-25-13-8-14(23-2)12(19)7-10(13)17(11)21(20-16)15-5-4-6-26-15/h4-8H,3,9H2,1-2H3. The Kier molecular flexibility index (Phi) is 4.46. The summed E-state index contributed by atoms with van der Waals surface area (Å²) in [6, 6.07) is 7.66. The molecule has 8 heteroatoms. The molecule has 0 spiro atoms. The van der Waals surface area contributed by atoms with Gasteiger partial charge in [-0.2, -0.15) is 5.10 Å². The maximum Gasteiger partial charge on any atom is 0.359 e. The van der Waals surface area contributed by atoms with Crippen LogP contribution in [0.1, 0.15) is 23.0 Å². The first-order chi connectivity index (χ1) is 12.6. The van der Waals surface area contributed by atoms with Crippen molar-refractivity contribution in [2.24, 2.45) is 0 Å². The van der Waals surface area contributed by atoms with Gasteiger partial charge in [0, 0.05) is 11.6 Å². The maximum absolute atomic E-state index is 12.4. The number of halogens is 1. The summed E-state index contributed by atoms with van der Waals surface area (Å²) in [4.78, 5) is 12.4. The molecule has 1 aliphatic heterocycles. The summed E-state index contributed by atoms with van der Waals surface area (Å²) >= 11 is 5.07. The number of methoxy groups -OCH3 is 1. The zero-order chi connectivity index (χ0) is 18.3. The zero-order valence-electron chi connectivity index (χ0n) is 14.1. The van der Waals surface area contributed by atoms with Crippen LogP contribution in [0.25, 0.3) is 16.3 Å². The summed E-state index contributed by atoms with van der Waals surface area (Å²) in [5.74, 6) is 0.921. The normalized spacial score (nSPS) is 12.1. The van der Waals surface area contributed by atoms with E-state index in [1.54, 1.807) is 30.1 Å². The third kappa shape index (κ3) is 2.69. The Morgan fingerprint density at radius 3 is 3.00 bits per heavy atom. The van der Waals surface area contributed by atoms with Gasteiger partial charge >= 0.3 is 5.97 Å². The first kappa shape index (κ1) is 17.1. The van der Waals surface area contributed by atoms with Crippen LogP contribution in [-0.4, -0.2) is 29.5 Å². The minimum Gasteiger partial charge on any atom is -0.495 e. The molecule has 0 amide bonds. The highest BCUT2D eigenvalue weighted by Gasteiger charge is 2.31. The fraction of sp³-hybridized carbons (Fsp3) is 0.222. The number of hydrogen-bond acceptors (Lipinski definition) is 6. The molecule has 6 nitrogen and oxygen atoms in total. The van der Waals surface area contributed by atoms with E-state index < -0.39 is 5.97 Å². The maximum atomic E-state index is 12.4. The van der Waals surface area contributed by atoms with Crippen molar-refractivity contribution in [1.29, 1.82) is 0 Å². The van der Waals surface area contributed by atoms with E-state index in [9.17, 15) is 4.79 Å². The lowest BCUT2D eigenvalue weighted by Gasteiger charge is -2.20. The van der Waals surface area contributed by atoms with Crippen molar-refractivity contribution < 1.29 is 19.0 Å². The van der Waals surface area contributed by atoms with Crippen molar-refractivity contribution in [1.82, 2.24) is 9.78 Å². The van der Waals surface area contributed by atoms with Crippen LogP contribution in [0, 0.1) is 0 Å². The number of nitrogens with zero attached hydrogens (tertiary/aromatic N) is 2. The number of aromatic nitrogens is 2. The van der Waals surface area contributed by atoms with Crippen LogP contribution < -0.4 is 9.47 Å². The fourth-order valence-corrected chi connectivity index (χ4v) is 4.11. The highest BCUT2D eigenvalue weighted by molar-refractivity contribution is 9.10. The number of carbonyl (C=O) groups is 1. The molecule has 26 heavy (non-hydrogen) atoms. The van der Waals surface area contributed by atoms with E-state index in [4.69, 9.17) is 14.2 Å². The Labute approximate surface area is 162 Å².